The molecule has 1 aliphatic rings. The minimum absolute atomic E-state index is 0.0934. The van der Waals surface area contributed by atoms with E-state index in [1.807, 2.05) is 114 Å². The van der Waals surface area contributed by atoms with E-state index < -0.39 is 11.1 Å². The Hall–Kier alpha value is -6.32. The number of ketones is 1. The first-order valence-electron chi connectivity index (χ1n) is 18.2. The molecule has 0 amide bonds. The van der Waals surface area contributed by atoms with Gasteiger partial charge in [0.25, 0.3) is 0 Å². The maximum absolute atomic E-state index is 14.0. The van der Waals surface area contributed by atoms with Crippen molar-refractivity contribution in [1.82, 2.24) is 19.5 Å². The number of benzene rings is 5. The van der Waals surface area contributed by atoms with Gasteiger partial charge in [-0.25, -0.2) is 4.98 Å². The highest BCUT2D eigenvalue weighted by Crippen LogP contribution is 2.42. The van der Waals surface area contributed by atoms with E-state index in [2.05, 4.69) is 41.7 Å². The second-order valence-corrected chi connectivity index (χ2v) is 13.5. The molecule has 1 N–H and O–H groups in total. The zero-order valence-electron chi connectivity index (χ0n) is 30.1. The second kappa shape index (κ2) is 15.3. The van der Waals surface area contributed by atoms with Crippen molar-refractivity contribution in [2.45, 2.75) is 43.6 Å². The highest BCUT2D eigenvalue weighted by Gasteiger charge is 2.46. The van der Waals surface area contributed by atoms with Gasteiger partial charge in [0.2, 0.25) is 11.8 Å². The minimum atomic E-state index is -0.988. The number of hydrogen-bond acceptors (Lipinski definition) is 8. The van der Waals surface area contributed by atoms with Crippen molar-refractivity contribution < 1.29 is 19.0 Å². The first-order chi connectivity index (χ1) is 26.6. The lowest BCUT2D eigenvalue weighted by molar-refractivity contribution is -0.128. The van der Waals surface area contributed by atoms with Crippen LogP contribution in [0.3, 0.4) is 0 Å². The van der Waals surface area contributed by atoms with Crippen LogP contribution in [0.4, 0.5) is 5.95 Å². The highest BCUT2D eigenvalue weighted by molar-refractivity contribution is 5.91. The molecular formula is C45H41N5O4. The van der Waals surface area contributed by atoms with Gasteiger partial charge >= 0.3 is 0 Å². The van der Waals surface area contributed by atoms with Gasteiger partial charge in [-0.1, -0.05) is 133 Å². The van der Waals surface area contributed by atoms with E-state index in [1.165, 1.54) is 0 Å². The summed E-state index contributed by atoms with van der Waals surface area (Å²) in [6.07, 6.45) is 3.48. The Bertz CT molecular complexity index is 2280. The van der Waals surface area contributed by atoms with E-state index in [0.29, 0.717) is 42.4 Å². The molecule has 7 aromatic rings. The SMILES string of the molecule is COc1ccc(C(Nc2nc(OCc3ccccc3)c3ncn(C4(COCc5ccccc5)CCCC4=O)c3n2)(c2ccccc2)c2ccccc2)cc1. The predicted octanol–water partition coefficient (Wildman–Crippen LogP) is 8.48. The number of carbonyl (C=O) groups is 1. The molecule has 2 aromatic heterocycles. The number of anilines is 1. The van der Waals surface area contributed by atoms with Gasteiger partial charge < -0.3 is 19.5 Å². The Morgan fingerprint density at radius 2 is 1.30 bits per heavy atom. The van der Waals surface area contributed by atoms with Gasteiger partial charge in [-0.3, -0.25) is 9.36 Å². The Morgan fingerprint density at radius 1 is 0.722 bits per heavy atom. The normalized spacial score (nSPS) is 15.7. The number of fused-ring (bicyclic) bond motifs is 1. The third-order valence-corrected chi connectivity index (χ3v) is 10.2. The number of nitrogens with one attached hydrogen (secondary N) is 1. The number of aromatic nitrogens is 4. The number of hydrogen-bond donors (Lipinski definition) is 1. The first-order valence-corrected chi connectivity index (χ1v) is 18.2. The van der Waals surface area contributed by atoms with Crippen molar-refractivity contribution in [1.29, 1.82) is 0 Å². The van der Waals surface area contributed by atoms with Gasteiger partial charge in [-0.15, -0.1) is 0 Å². The monoisotopic (exact) mass is 715 g/mol. The number of imidazole rings is 1. The van der Waals surface area contributed by atoms with Gasteiger partial charge in [-0.05, 0) is 52.8 Å². The third kappa shape index (κ3) is 6.70. The summed E-state index contributed by atoms with van der Waals surface area (Å²) in [7, 11) is 1.66. The van der Waals surface area contributed by atoms with E-state index in [1.54, 1.807) is 13.4 Å². The van der Waals surface area contributed by atoms with Gasteiger partial charge in [0.1, 0.15) is 23.4 Å². The van der Waals surface area contributed by atoms with Crippen LogP contribution in [0, 0.1) is 0 Å². The van der Waals surface area contributed by atoms with Crippen molar-refractivity contribution in [2.75, 3.05) is 19.0 Å². The van der Waals surface area contributed by atoms with Crippen molar-refractivity contribution in [2.24, 2.45) is 0 Å². The quantitative estimate of drug-likeness (QED) is 0.112. The molecule has 1 fully saturated rings. The van der Waals surface area contributed by atoms with E-state index in [4.69, 9.17) is 29.2 Å². The third-order valence-electron chi connectivity index (χ3n) is 10.2. The zero-order valence-corrected chi connectivity index (χ0v) is 30.1. The van der Waals surface area contributed by atoms with Gasteiger partial charge in [0.05, 0.1) is 26.7 Å². The zero-order chi connectivity index (χ0) is 36.8. The van der Waals surface area contributed by atoms with Crippen molar-refractivity contribution in [3.8, 4) is 11.6 Å². The second-order valence-electron chi connectivity index (χ2n) is 13.5. The maximum atomic E-state index is 14.0. The number of rotatable bonds is 14. The number of methoxy groups -OCH3 is 1. The molecule has 1 aliphatic carbocycles. The summed E-state index contributed by atoms with van der Waals surface area (Å²) in [6.45, 7) is 0.835. The largest absolute Gasteiger partial charge is 0.497 e. The van der Waals surface area contributed by atoms with Crippen molar-refractivity contribution in [3.63, 3.8) is 0 Å². The molecule has 9 nitrogen and oxygen atoms in total. The summed E-state index contributed by atoms with van der Waals surface area (Å²) < 4.78 is 20.2. The molecule has 2 heterocycles. The van der Waals surface area contributed by atoms with Crippen LogP contribution in [0.2, 0.25) is 0 Å². The van der Waals surface area contributed by atoms with Crippen LogP contribution in [-0.4, -0.2) is 39.0 Å². The lowest BCUT2D eigenvalue weighted by Gasteiger charge is -2.37. The Balaban J connectivity index is 1.29. The molecule has 54 heavy (non-hydrogen) atoms. The van der Waals surface area contributed by atoms with Crippen LogP contribution in [-0.2, 0) is 33.8 Å². The molecule has 1 atom stereocenters. The molecule has 0 aliphatic heterocycles. The number of Topliss-reactive ketones (excluding diaryl/α,β-unsaturated/α-hetero) is 1. The van der Waals surface area contributed by atoms with Crippen LogP contribution in [0.25, 0.3) is 11.2 Å². The molecule has 0 radical (unpaired) electrons. The van der Waals surface area contributed by atoms with Crippen LogP contribution >= 0.6 is 0 Å². The van der Waals surface area contributed by atoms with Crippen LogP contribution in [0.1, 0.15) is 47.1 Å². The van der Waals surface area contributed by atoms with Gasteiger partial charge in [0, 0.05) is 6.42 Å². The molecule has 0 saturated heterocycles. The fraction of sp³-hybridized carbons (Fsp3) is 0.200. The fourth-order valence-corrected chi connectivity index (χ4v) is 7.47. The van der Waals surface area contributed by atoms with Gasteiger partial charge in [0.15, 0.2) is 16.9 Å². The number of nitrogens with zero attached hydrogens (tertiary/aromatic N) is 4. The van der Waals surface area contributed by atoms with E-state index in [-0.39, 0.29) is 19.0 Å². The lowest BCUT2D eigenvalue weighted by atomic mass is 9.77. The van der Waals surface area contributed by atoms with E-state index in [0.717, 1.165) is 40.0 Å². The summed E-state index contributed by atoms with van der Waals surface area (Å²) >= 11 is 0. The summed E-state index contributed by atoms with van der Waals surface area (Å²) in [5.41, 5.74) is 3.92. The predicted molar refractivity (Wildman–Crippen MR) is 208 cm³/mol. The summed E-state index contributed by atoms with van der Waals surface area (Å²) in [6, 6.07) is 48.4. The molecular weight excluding hydrogens is 675 g/mol. The Kier molecular flexibility index (Phi) is 9.87. The Labute approximate surface area is 314 Å². The summed E-state index contributed by atoms with van der Waals surface area (Å²) in [5, 5.41) is 3.81. The highest BCUT2D eigenvalue weighted by atomic mass is 16.5. The number of carbonyl (C=O) groups excluding carboxylic acids is 1. The van der Waals surface area contributed by atoms with Crippen LogP contribution in [0.15, 0.2) is 152 Å². The molecule has 0 spiro atoms. The van der Waals surface area contributed by atoms with Crippen molar-refractivity contribution in [3.05, 3.63) is 180 Å². The molecule has 9 heteroatoms. The standard InChI is InChI=1S/C45H41N5O4/c1-52-38-26-24-37(25-27-38)45(35-19-10-4-11-20-35,36-21-12-5-13-22-36)49-43-47-41-40(42(48-43)54-30-34-17-8-3-9-18-34)46-32-50(41)44(28-14-23-39(44)51)31-53-29-33-15-6-2-7-16-33/h2-13,15-22,24-27,32H,14,23,28-31H2,1H3,(H,47,48,49). The van der Waals surface area contributed by atoms with Gasteiger partial charge in [-0.2, -0.15) is 9.97 Å². The molecule has 5 aromatic carbocycles. The maximum Gasteiger partial charge on any atom is 0.247 e. The molecule has 0 bridgehead atoms. The molecule has 1 unspecified atom stereocenters. The molecule has 8 rings (SSSR count). The number of ether oxygens (including phenoxy) is 3. The Morgan fingerprint density at radius 3 is 1.87 bits per heavy atom. The topological polar surface area (TPSA) is 100 Å². The molecule has 1 saturated carbocycles. The summed E-state index contributed by atoms with van der Waals surface area (Å²) in [5.74, 6) is 1.45. The fourth-order valence-electron chi connectivity index (χ4n) is 7.47. The van der Waals surface area contributed by atoms with Crippen LogP contribution in [0.5, 0.6) is 11.6 Å². The smallest absolute Gasteiger partial charge is 0.247 e. The van der Waals surface area contributed by atoms with Crippen molar-refractivity contribution >= 4 is 22.9 Å². The lowest BCUT2D eigenvalue weighted by Crippen LogP contribution is -2.42. The molecule has 270 valence electrons. The average Bonchev–Trinajstić information content (AvgIpc) is 3.84. The van der Waals surface area contributed by atoms with E-state index >= 15 is 0 Å². The first kappa shape index (κ1) is 34.7. The minimum Gasteiger partial charge on any atom is -0.497 e. The average molecular weight is 716 g/mol. The summed E-state index contributed by atoms with van der Waals surface area (Å²) in [4.78, 5) is 29.0. The van der Waals surface area contributed by atoms with E-state index in [9.17, 15) is 4.79 Å². The van der Waals surface area contributed by atoms with Crippen LogP contribution < -0.4 is 14.8 Å².